The van der Waals surface area contributed by atoms with Crippen LogP contribution in [0, 0.1) is 0 Å². The largest absolute Gasteiger partial charge is 0.465 e. The summed E-state index contributed by atoms with van der Waals surface area (Å²) in [6.07, 6.45) is -2.06. The van der Waals surface area contributed by atoms with Crippen molar-refractivity contribution >= 4 is 5.97 Å². The summed E-state index contributed by atoms with van der Waals surface area (Å²) in [5, 5.41) is 3.26. The van der Waals surface area contributed by atoms with Crippen molar-refractivity contribution in [2.75, 3.05) is 19.8 Å². The van der Waals surface area contributed by atoms with Crippen molar-refractivity contribution in [1.29, 1.82) is 0 Å². The summed E-state index contributed by atoms with van der Waals surface area (Å²) >= 11 is 0. The molecule has 21 heavy (non-hydrogen) atoms. The second-order valence-electron chi connectivity index (χ2n) is 5.55. The fourth-order valence-corrected chi connectivity index (χ4v) is 2.02. The average Bonchev–Trinajstić information content (AvgIpc) is 3.16. The van der Waals surface area contributed by atoms with Gasteiger partial charge in [0.25, 0.3) is 0 Å². The van der Waals surface area contributed by atoms with Crippen molar-refractivity contribution in [2.24, 2.45) is 0 Å². The first-order valence-electron chi connectivity index (χ1n) is 7.36. The Morgan fingerprint density at radius 3 is 2.43 bits per heavy atom. The molecule has 1 N–H and O–H groups in total. The normalized spacial score (nSPS) is 18.3. The molecule has 0 aromatic rings. The number of nitrogens with one attached hydrogen (secondary N) is 1. The lowest BCUT2D eigenvalue weighted by atomic mass is 9.95. The molecule has 1 fully saturated rings. The summed E-state index contributed by atoms with van der Waals surface area (Å²) in [7, 11) is 0. The van der Waals surface area contributed by atoms with Gasteiger partial charge in [0.15, 0.2) is 0 Å². The number of hydrogen-bond acceptors (Lipinski definition) is 4. The fourth-order valence-electron chi connectivity index (χ4n) is 2.02. The van der Waals surface area contributed by atoms with Crippen molar-refractivity contribution in [3.8, 4) is 0 Å². The first-order valence-corrected chi connectivity index (χ1v) is 7.36. The molecule has 0 bridgehead atoms. The highest BCUT2D eigenvalue weighted by atomic mass is 19.4. The first-order chi connectivity index (χ1) is 9.77. The molecule has 0 heterocycles. The quantitative estimate of drug-likeness (QED) is 0.498. The Morgan fingerprint density at radius 2 is 1.90 bits per heavy atom. The second kappa shape index (κ2) is 7.98. The summed E-state index contributed by atoms with van der Waals surface area (Å²) in [6, 6.07) is 0.338. The summed E-state index contributed by atoms with van der Waals surface area (Å²) in [6.45, 7) is 3.70. The second-order valence-corrected chi connectivity index (χ2v) is 5.55. The lowest BCUT2D eigenvalue weighted by Crippen LogP contribution is -2.51. The van der Waals surface area contributed by atoms with E-state index < -0.39 is 18.1 Å². The van der Waals surface area contributed by atoms with Crippen LogP contribution in [0.25, 0.3) is 0 Å². The number of carbonyl (C=O) groups is 1. The molecule has 0 aromatic carbocycles. The van der Waals surface area contributed by atoms with Crippen LogP contribution in [0.5, 0.6) is 0 Å². The van der Waals surface area contributed by atoms with E-state index in [9.17, 15) is 18.0 Å². The maximum absolute atomic E-state index is 12.0. The van der Waals surface area contributed by atoms with E-state index in [1.165, 1.54) is 0 Å². The van der Waals surface area contributed by atoms with Crippen LogP contribution < -0.4 is 5.32 Å². The Morgan fingerprint density at radius 1 is 1.24 bits per heavy atom. The van der Waals surface area contributed by atoms with Crippen LogP contribution >= 0.6 is 0 Å². The molecule has 1 atom stereocenters. The zero-order valence-electron chi connectivity index (χ0n) is 12.6. The van der Waals surface area contributed by atoms with Crippen LogP contribution in [0.2, 0.25) is 0 Å². The van der Waals surface area contributed by atoms with Gasteiger partial charge in [-0.3, -0.25) is 10.1 Å². The van der Waals surface area contributed by atoms with Crippen LogP contribution in [-0.2, 0) is 14.3 Å². The van der Waals surface area contributed by atoms with Gasteiger partial charge in [0.2, 0.25) is 0 Å². The standard InChI is InChI=1S/C14H24F3NO3/c1-3-21-12(19)13(2,18-11-5-6-11)7-4-9-20-10-8-14(15,16)17/h11,18H,3-10H2,1-2H3. The molecule has 1 rings (SSSR count). The highest BCUT2D eigenvalue weighted by Gasteiger charge is 2.39. The lowest BCUT2D eigenvalue weighted by molar-refractivity contribution is -0.151. The molecule has 0 spiro atoms. The fraction of sp³-hybridized carbons (Fsp3) is 0.929. The number of rotatable bonds is 10. The minimum atomic E-state index is -4.19. The van der Waals surface area contributed by atoms with Gasteiger partial charge in [-0.25, -0.2) is 0 Å². The maximum atomic E-state index is 12.0. The minimum absolute atomic E-state index is 0.206. The van der Waals surface area contributed by atoms with Gasteiger partial charge in [0.1, 0.15) is 5.54 Å². The Hall–Kier alpha value is -0.820. The number of hydrogen-bond donors (Lipinski definition) is 1. The van der Waals surface area contributed by atoms with Gasteiger partial charge in [-0.2, -0.15) is 13.2 Å². The Labute approximate surface area is 123 Å². The van der Waals surface area contributed by atoms with Crippen LogP contribution in [-0.4, -0.2) is 43.5 Å². The van der Waals surface area contributed by atoms with E-state index in [0.29, 0.717) is 25.5 Å². The maximum Gasteiger partial charge on any atom is 0.391 e. The number of carbonyl (C=O) groups excluding carboxylic acids is 1. The van der Waals surface area contributed by atoms with Crippen molar-refractivity contribution in [2.45, 2.75) is 63.7 Å². The molecular formula is C14H24F3NO3. The number of alkyl halides is 3. The number of halogens is 3. The Balaban J connectivity index is 2.27. The smallest absolute Gasteiger partial charge is 0.391 e. The predicted molar refractivity (Wildman–Crippen MR) is 71.9 cm³/mol. The monoisotopic (exact) mass is 311 g/mol. The van der Waals surface area contributed by atoms with Crippen LogP contribution in [0.4, 0.5) is 13.2 Å². The summed E-state index contributed by atoms with van der Waals surface area (Å²) in [4.78, 5) is 12.0. The lowest BCUT2D eigenvalue weighted by Gasteiger charge is -2.28. The van der Waals surface area contributed by atoms with Gasteiger partial charge in [-0.1, -0.05) is 0 Å². The topological polar surface area (TPSA) is 47.6 Å². The van der Waals surface area contributed by atoms with E-state index in [1.807, 2.05) is 0 Å². The summed E-state index contributed by atoms with van der Waals surface area (Å²) in [5.74, 6) is -0.313. The van der Waals surface area contributed by atoms with E-state index in [2.05, 4.69) is 5.32 Å². The molecule has 1 saturated carbocycles. The first kappa shape index (κ1) is 18.2. The van der Waals surface area contributed by atoms with Gasteiger partial charge in [0, 0.05) is 12.6 Å². The molecule has 1 aliphatic rings. The van der Waals surface area contributed by atoms with E-state index in [1.54, 1.807) is 13.8 Å². The molecule has 4 nitrogen and oxygen atoms in total. The molecule has 0 radical (unpaired) electrons. The van der Waals surface area contributed by atoms with Gasteiger partial charge in [-0.15, -0.1) is 0 Å². The van der Waals surface area contributed by atoms with Crippen molar-refractivity contribution in [3.05, 3.63) is 0 Å². The molecular weight excluding hydrogens is 287 g/mol. The number of ether oxygens (including phenoxy) is 2. The van der Waals surface area contributed by atoms with Crippen LogP contribution in [0.3, 0.4) is 0 Å². The van der Waals surface area contributed by atoms with E-state index in [4.69, 9.17) is 9.47 Å². The number of esters is 1. The van der Waals surface area contributed by atoms with Crippen molar-refractivity contribution < 1.29 is 27.4 Å². The predicted octanol–water partition coefficient (Wildman–Crippen LogP) is 2.81. The zero-order valence-corrected chi connectivity index (χ0v) is 12.6. The highest BCUT2D eigenvalue weighted by molar-refractivity contribution is 5.80. The van der Waals surface area contributed by atoms with Crippen LogP contribution in [0.1, 0.15) is 46.0 Å². The van der Waals surface area contributed by atoms with Gasteiger partial charge in [-0.05, 0) is 39.5 Å². The third-order valence-electron chi connectivity index (χ3n) is 3.32. The van der Waals surface area contributed by atoms with E-state index in [-0.39, 0.29) is 19.2 Å². The summed E-state index contributed by atoms with van der Waals surface area (Å²) in [5.41, 5.74) is -0.787. The Kier molecular flexibility index (Phi) is 6.93. The Bertz CT molecular complexity index is 332. The third kappa shape index (κ3) is 7.66. The molecule has 1 aliphatic carbocycles. The van der Waals surface area contributed by atoms with Gasteiger partial charge in [0.05, 0.1) is 19.6 Å². The zero-order chi connectivity index (χ0) is 15.9. The van der Waals surface area contributed by atoms with E-state index in [0.717, 1.165) is 12.8 Å². The molecule has 1 unspecified atom stereocenters. The third-order valence-corrected chi connectivity index (χ3v) is 3.32. The SMILES string of the molecule is CCOC(=O)C(C)(CCCOCCC(F)(F)F)NC1CC1. The molecule has 0 aliphatic heterocycles. The molecule has 0 saturated heterocycles. The van der Waals surface area contributed by atoms with Gasteiger partial charge < -0.3 is 9.47 Å². The molecule has 0 amide bonds. The average molecular weight is 311 g/mol. The van der Waals surface area contributed by atoms with Gasteiger partial charge >= 0.3 is 12.1 Å². The summed E-state index contributed by atoms with van der Waals surface area (Å²) < 4.78 is 45.9. The van der Waals surface area contributed by atoms with Crippen LogP contribution in [0.15, 0.2) is 0 Å². The molecule has 7 heteroatoms. The van der Waals surface area contributed by atoms with E-state index >= 15 is 0 Å². The minimum Gasteiger partial charge on any atom is -0.465 e. The van der Waals surface area contributed by atoms with Crippen molar-refractivity contribution in [3.63, 3.8) is 0 Å². The molecule has 0 aromatic heterocycles. The molecule has 124 valence electrons. The highest BCUT2D eigenvalue weighted by Crippen LogP contribution is 2.26. The van der Waals surface area contributed by atoms with Crippen molar-refractivity contribution in [1.82, 2.24) is 5.32 Å².